The molecule has 5 heteroatoms. The molecule has 0 aliphatic carbocycles. The standard InChI is InChI=1S/C45H27IN3S/c1-3-11-28(12-4-1)32-23-33(29-13-5-2-6-14-29)25-34(24-32)45-48-43(30-19-21-36-35-15-7-9-17-39(35)46-40(36)26-30)47-44(49-45)31-20-22-38-37-16-8-10-18-41(37)50-42(38)27-31/h1-27H/q-1. The number of fused-ring (bicyclic) bond motifs is 6. The van der Waals surface area contributed by atoms with Gasteiger partial charge in [-0.2, -0.15) is 0 Å². The maximum atomic E-state index is 5.23. The molecular weight excluding hydrogens is 741 g/mol. The molecule has 50 heavy (non-hydrogen) atoms. The van der Waals surface area contributed by atoms with E-state index < -0.39 is 0 Å². The number of thiophene rings is 1. The average molecular weight is 769 g/mol. The zero-order valence-electron chi connectivity index (χ0n) is 26.7. The van der Waals surface area contributed by atoms with E-state index in [0.29, 0.717) is 17.5 Å². The van der Waals surface area contributed by atoms with E-state index in [1.165, 1.54) is 38.4 Å². The van der Waals surface area contributed by atoms with E-state index in [-0.39, 0.29) is 21.2 Å². The molecule has 2 aromatic heterocycles. The summed E-state index contributed by atoms with van der Waals surface area (Å²) in [6.07, 6.45) is 0. The normalized spacial score (nSPS) is 12.1. The Morgan fingerprint density at radius 1 is 0.340 bits per heavy atom. The Morgan fingerprint density at radius 3 is 1.62 bits per heavy atom. The van der Waals surface area contributed by atoms with Crippen molar-refractivity contribution in [1.29, 1.82) is 0 Å². The van der Waals surface area contributed by atoms with Crippen LogP contribution in [-0.2, 0) is 0 Å². The molecule has 0 spiro atoms. The third-order valence-electron chi connectivity index (χ3n) is 9.27. The zero-order valence-corrected chi connectivity index (χ0v) is 29.7. The molecule has 1 aliphatic heterocycles. The van der Waals surface area contributed by atoms with Crippen LogP contribution in [0.15, 0.2) is 164 Å². The fourth-order valence-corrected chi connectivity index (χ4v) is 11.0. The molecule has 0 fully saturated rings. The molecule has 3 heterocycles. The quantitative estimate of drug-likeness (QED) is 0.165. The summed E-state index contributed by atoms with van der Waals surface area (Å²) in [5, 5.41) is 2.54. The molecule has 3 nitrogen and oxygen atoms in total. The van der Waals surface area contributed by atoms with Gasteiger partial charge in [-0.25, -0.2) is 0 Å². The van der Waals surface area contributed by atoms with Crippen LogP contribution in [0, 0.1) is 7.14 Å². The first kappa shape index (κ1) is 29.4. The van der Waals surface area contributed by atoms with Crippen LogP contribution in [0.1, 0.15) is 0 Å². The van der Waals surface area contributed by atoms with Crippen molar-refractivity contribution < 1.29 is 21.2 Å². The van der Waals surface area contributed by atoms with Crippen LogP contribution < -0.4 is 21.2 Å². The summed E-state index contributed by atoms with van der Waals surface area (Å²) < 4.78 is 5.39. The summed E-state index contributed by atoms with van der Waals surface area (Å²) in [7, 11) is 0. The Labute approximate surface area is 304 Å². The summed E-state index contributed by atoms with van der Waals surface area (Å²) in [6, 6.07) is 58.5. The van der Waals surface area contributed by atoms with Crippen LogP contribution in [-0.4, -0.2) is 15.0 Å². The van der Waals surface area contributed by atoms with Gasteiger partial charge in [0.25, 0.3) is 0 Å². The first-order chi connectivity index (χ1) is 24.7. The van der Waals surface area contributed by atoms with Gasteiger partial charge in [-0.15, -0.1) is 0 Å². The number of nitrogens with zero attached hydrogens (tertiary/aromatic N) is 3. The van der Waals surface area contributed by atoms with Crippen molar-refractivity contribution in [2.75, 3.05) is 0 Å². The van der Waals surface area contributed by atoms with Crippen LogP contribution in [0.3, 0.4) is 0 Å². The number of benzene rings is 7. The van der Waals surface area contributed by atoms with Gasteiger partial charge in [0, 0.05) is 0 Å². The van der Waals surface area contributed by atoms with Gasteiger partial charge in [0.15, 0.2) is 0 Å². The topological polar surface area (TPSA) is 38.7 Å². The molecule has 10 rings (SSSR count). The van der Waals surface area contributed by atoms with Crippen LogP contribution >= 0.6 is 11.3 Å². The van der Waals surface area contributed by atoms with Crippen LogP contribution in [0.25, 0.3) is 87.7 Å². The van der Waals surface area contributed by atoms with E-state index in [1.807, 2.05) is 11.3 Å². The molecule has 0 N–H and O–H groups in total. The Balaban J connectivity index is 1.18. The first-order valence-electron chi connectivity index (χ1n) is 16.6. The van der Waals surface area contributed by atoms with E-state index in [1.54, 1.807) is 0 Å². The predicted octanol–water partition coefficient (Wildman–Crippen LogP) is 8.68. The monoisotopic (exact) mass is 768 g/mol. The summed E-state index contributed by atoms with van der Waals surface area (Å²) in [5.74, 6) is 2.03. The van der Waals surface area contributed by atoms with E-state index >= 15 is 0 Å². The van der Waals surface area contributed by atoms with Crippen molar-refractivity contribution in [2.24, 2.45) is 0 Å². The second-order valence-electron chi connectivity index (χ2n) is 12.4. The third kappa shape index (κ3) is 5.21. The molecule has 9 aromatic rings. The molecule has 1 aliphatic rings. The number of hydrogen-bond acceptors (Lipinski definition) is 4. The van der Waals surface area contributed by atoms with Crippen molar-refractivity contribution in [3.05, 3.63) is 171 Å². The number of aromatic nitrogens is 3. The minimum absolute atomic E-state index is 0.273. The van der Waals surface area contributed by atoms with Crippen LogP contribution in [0.2, 0.25) is 0 Å². The SMILES string of the molecule is c1ccc(-c2cc(-c3ccccc3)cc(-c3nc(-c4ccc5c(c4)[I-]c4ccccc4-5)nc(-c4ccc5c(c4)sc4ccccc45)n3)c2)cc1. The molecule has 0 saturated carbocycles. The Morgan fingerprint density at radius 2 is 0.880 bits per heavy atom. The summed E-state index contributed by atoms with van der Waals surface area (Å²) in [6.45, 7) is 0. The number of rotatable bonds is 5. The van der Waals surface area contributed by atoms with Crippen molar-refractivity contribution in [2.45, 2.75) is 0 Å². The fraction of sp³-hybridized carbons (Fsp3) is 0. The molecule has 7 aromatic carbocycles. The van der Waals surface area contributed by atoms with E-state index in [0.717, 1.165) is 38.9 Å². The molecule has 0 bridgehead atoms. The maximum absolute atomic E-state index is 5.23. The van der Waals surface area contributed by atoms with Gasteiger partial charge in [-0.05, 0) is 0 Å². The van der Waals surface area contributed by atoms with Gasteiger partial charge in [-0.3, -0.25) is 0 Å². The second kappa shape index (κ2) is 12.1. The van der Waals surface area contributed by atoms with Gasteiger partial charge in [-0.1, -0.05) is 24.3 Å². The van der Waals surface area contributed by atoms with Gasteiger partial charge in [0.1, 0.15) is 0 Å². The van der Waals surface area contributed by atoms with Crippen molar-refractivity contribution >= 4 is 31.5 Å². The summed E-state index contributed by atoms with van der Waals surface area (Å²) in [5.41, 5.74) is 10.2. The molecule has 0 amide bonds. The van der Waals surface area contributed by atoms with Crippen molar-refractivity contribution in [3.63, 3.8) is 0 Å². The second-order valence-corrected chi connectivity index (χ2v) is 16.4. The fourth-order valence-electron chi connectivity index (χ4n) is 6.80. The molecule has 0 radical (unpaired) electrons. The van der Waals surface area contributed by atoms with Crippen LogP contribution in [0.4, 0.5) is 0 Å². The molecule has 236 valence electrons. The molecular formula is C45H27IN3S-. The van der Waals surface area contributed by atoms with E-state index in [4.69, 9.17) is 15.0 Å². The van der Waals surface area contributed by atoms with Crippen molar-refractivity contribution in [1.82, 2.24) is 15.0 Å². The van der Waals surface area contributed by atoms with Gasteiger partial charge < -0.3 is 0 Å². The number of halogens is 1. The molecule has 0 saturated heterocycles. The molecule has 0 atom stereocenters. The number of hydrogen-bond donors (Lipinski definition) is 0. The third-order valence-corrected chi connectivity index (χ3v) is 13.4. The Bertz CT molecular complexity index is 2680. The van der Waals surface area contributed by atoms with Gasteiger partial charge >= 0.3 is 282 Å². The van der Waals surface area contributed by atoms with Crippen molar-refractivity contribution in [3.8, 4) is 67.5 Å². The Kier molecular flexibility index (Phi) is 7.13. The van der Waals surface area contributed by atoms with Crippen LogP contribution in [0.5, 0.6) is 0 Å². The Hall–Kier alpha value is -5.50. The first-order valence-corrected chi connectivity index (χ1v) is 19.5. The average Bonchev–Trinajstić information content (AvgIpc) is 3.76. The van der Waals surface area contributed by atoms with E-state index in [2.05, 4.69) is 164 Å². The summed E-state index contributed by atoms with van der Waals surface area (Å²) >= 11 is 1.54. The predicted molar refractivity (Wildman–Crippen MR) is 203 cm³/mol. The molecule has 0 unspecified atom stereocenters. The minimum atomic E-state index is -0.273. The van der Waals surface area contributed by atoms with Gasteiger partial charge in [0.2, 0.25) is 0 Å². The van der Waals surface area contributed by atoms with E-state index in [9.17, 15) is 0 Å². The zero-order chi connectivity index (χ0) is 33.0. The summed E-state index contributed by atoms with van der Waals surface area (Å²) in [4.78, 5) is 15.6. The van der Waals surface area contributed by atoms with Gasteiger partial charge in [0.05, 0.1) is 0 Å².